The number of piperidine rings is 1. The number of fused-ring (bicyclic) bond motifs is 1. The number of anilines is 1. The van der Waals surface area contributed by atoms with E-state index >= 15 is 0 Å². The van der Waals surface area contributed by atoms with Crippen molar-refractivity contribution < 1.29 is 0 Å². The first kappa shape index (κ1) is 11.0. The van der Waals surface area contributed by atoms with E-state index in [0.29, 0.717) is 0 Å². The summed E-state index contributed by atoms with van der Waals surface area (Å²) in [4.78, 5) is 6.88. The van der Waals surface area contributed by atoms with Gasteiger partial charge in [0.15, 0.2) is 5.82 Å². The Morgan fingerprint density at radius 2 is 2.12 bits per heavy atom. The summed E-state index contributed by atoms with van der Waals surface area (Å²) in [6.07, 6.45) is 8.02. The van der Waals surface area contributed by atoms with Gasteiger partial charge in [0.1, 0.15) is 5.52 Å². The first-order valence-electron chi connectivity index (χ1n) is 5.98. The highest BCUT2D eigenvalue weighted by Gasteiger charge is 2.20. The second kappa shape index (κ2) is 4.64. The zero-order valence-corrected chi connectivity index (χ0v) is 11.2. The normalized spacial score (nSPS) is 17.8. The van der Waals surface area contributed by atoms with Crippen molar-refractivity contribution in [1.29, 1.82) is 0 Å². The van der Waals surface area contributed by atoms with Gasteiger partial charge in [-0.3, -0.25) is 0 Å². The van der Waals surface area contributed by atoms with Crippen LogP contribution in [0, 0.1) is 5.92 Å². The van der Waals surface area contributed by atoms with E-state index in [2.05, 4.69) is 30.9 Å². The molecule has 0 aliphatic carbocycles. The molecular formula is C12H15BrN4. The van der Waals surface area contributed by atoms with Crippen molar-refractivity contribution in [2.45, 2.75) is 12.8 Å². The third kappa shape index (κ3) is 2.04. The minimum absolute atomic E-state index is 0.816. The van der Waals surface area contributed by atoms with E-state index in [-0.39, 0.29) is 0 Å². The van der Waals surface area contributed by atoms with E-state index < -0.39 is 0 Å². The SMILES string of the molecule is BrCC1CCN(c2nccn3nccc23)CC1. The molecule has 3 heterocycles. The van der Waals surface area contributed by atoms with Crippen LogP contribution < -0.4 is 4.90 Å². The van der Waals surface area contributed by atoms with Crippen molar-refractivity contribution in [3.63, 3.8) is 0 Å². The Labute approximate surface area is 109 Å². The van der Waals surface area contributed by atoms with Gasteiger partial charge in [-0.25, -0.2) is 9.50 Å². The third-order valence-electron chi connectivity index (χ3n) is 3.44. The molecule has 4 nitrogen and oxygen atoms in total. The Kier molecular flexibility index (Phi) is 3.01. The van der Waals surface area contributed by atoms with Gasteiger partial charge < -0.3 is 4.90 Å². The summed E-state index contributed by atoms with van der Waals surface area (Å²) in [5.74, 6) is 1.88. The number of nitrogens with zero attached hydrogens (tertiary/aromatic N) is 4. The van der Waals surface area contributed by atoms with Gasteiger partial charge in [-0.05, 0) is 24.8 Å². The minimum atomic E-state index is 0.816. The van der Waals surface area contributed by atoms with Crippen molar-refractivity contribution in [3.8, 4) is 0 Å². The maximum Gasteiger partial charge on any atom is 0.154 e. The van der Waals surface area contributed by atoms with E-state index in [4.69, 9.17) is 0 Å². The van der Waals surface area contributed by atoms with Crippen molar-refractivity contribution >= 4 is 27.3 Å². The lowest BCUT2D eigenvalue weighted by atomic mass is 9.99. The highest BCUT2D eigenvalue weighted by atomic mass is 79.9. The van der Waals surface area contributed by atoms with Crippen LogP contribution in [0.5, 0.6) is 0 Å². The van der Waals surface area contributed by atoms with E-state index in [1.165, 1.54) is 12.8 Å². The molecule has 0 N–H and O–H groups in total. The number of aromatic nitrogens is 3. The molecule has 0 aromatic carbocycles. The van der Waals surface area contributed by atoms with Crippen LogP contribution in [-0.2, 0) is 0 Å². The molecule has 1 fully saturated rings. The van der Waals surface area contributed by atoms with Crippen LogP contribution in [0.4, 0.5) is 5.82 Å². The van der Waals surface area contributed by atoms with Gasteiger partial charge in [0.05, 0.1) is 6.20 Å². The maximum absolute atomic E-state index is 4.51. The molecule has 2 aromatic heterocycles. The lowest BCUT2D eigenvalue weighted by Gasteiger charge is -2.32. The first-order valence-corrected chi connectivity index (χ1v) is 7.10. The molecule has 0 bridgehead atoms. The molecule has 3 rings (SSSR count). The lowest BCUT2D eigenvalue weighted by molar-refractivity contribution is 0.445. The van der Waals surface area contributed by atoms with Gasteiger partial charge in [0.2, 0.25) is 0 Å². The van der Waals surface area contributed by atoms with Crippen LogP contribution in [0.1, 0.15) is 12.8 Å². The summed E-state index contributed by atoms with van der Waals surface area (Å²) in [7, 11) is 0. The highest BCUT2D eigenvalue weighted by Crippen LogP contribution is 2.25. The Balaban J connectivity index is 1.87. The van der Waals surface area contributed by atoms with E-state index in [9.17, 15) is 0 Å². The minimum Gasteiger partial charge on any atom is -0.355 e. The fourth-order valence-electron chi connectivity index (χ4n) is 2.39. The average Bonchev–Trinajstić information content (AvgIpc) is 2.87. The van der Waals surface area contributed by atoms with E-state index in [0.717, 1.165) is 35.7 Å². The number of halogens is 1. The molecule has 2 aromatic rings. The molecule has 0 unspecified atom stereocenters. The van der Waals surface area contributed by atoms with E-state index in [1.54, 1.807) is 0 Å². The van der Waals surface area contributed by atoms with Gasteiger partial charge in [-0.1, -0.05) is 15.9 Å². The van der Waals surface area contributed by atoms with Crippen LogP contribution >= 0.6 is 15.9 Å². The standard InChI is InChI=1S/C12H15BrN4/c13-9-10-2-6-16(7-3-10)12-11-1-4-15-17(11)8-5-14-12/h1,4-5,8,10H,2-3,6-7,9H2. The van der Waals surface area contributed by atoms with Crippen LogP contribution in [0.2, 0.25) is 0 Å². The second-order valence-corrected chi connectivity index (χ2v) is 5.14. The quantitative estimate of drug-likeness (QED) is 0.797. The molecule has 5 heteroatoms. The van der Waals surface area contributed by atoms with Crippen molar-refractivity contribution in [2.75, 3.05) is 23.3 Å². The Morgan fingerprint density at radius 3 is 2.88 bits per heavy atom. The summed E-state index contributed by atoms with van der Waals surface area (Å²) >= 11 is 3.57. The van der Waals surface area contributed by atoms with Gasteiger partial charge in [0.25, 0.3) is 0 Å². The number of hydrogen-bond donors (Lipinski definition) is 0. The Morgan fingerprint density at radius 1 is 1.29 bits per heavy atom. The summed E-state index contributed by atoms with van der Waals surface area (Å²) in [6.45, 7) is 2.18. The average molecular weight is 295 g/mol. The van der Waals surface area contributed by atoms with Crippen molar-refractivity contribution in [2.24, 2.45) is 5.92 Å². The predicted octanol–water partition coefficient (Wildman–Crippen LogP) is 2.34. The molecule has 1 saturated heterocycles. The number of hydrogen-bond acceptors (Lipinski definition) is 3. The number of alkyl halides is 1. The molecule has 90 valence electrons. The molecule has 1 aliphatic heterocycles. The fourth-order valence-corrected chi connectivity index (χ4v) is 3.03. The molecule has 0 radical (unpaired) electrons. The van der Waals surface area contributed by atoms with Crippen molar-refractivity contribution in [3.05, 3.63) is 24.7 Å². The zero-order chi connectivity index (χ0) is 11.7. The maximum atomic E-state index is 4.51. The van der Waals surface area contributed by atoms with E-state index in [1.807, 2.05) is 29.2 Å². The van der Waals surface area contributed by atoms with Gasteiger partial charge >= 0.3 is 0 Å². The molecule has 17 heavy (non-hydrogen) atoms. The smallest absolute Gasteiger partial charge is 0.154 e. The Hall–Kier alpha value is -1.10. The second-order valence-electron chi connectivity index (χ2n) is 4.50. The van der Waals surface area contributed by atoms with Crippen LogP contribution in [0.25, 0.3) is 5.52 Å². The zero-order valence-electron chi connectivity index (χ0n) is 9.59. The van der Waals surface area contributed by atoms with Crippen LogP contribution in [-0.4, -0.2) is 33.0 Å². The topological polar surface area (TPSA) is 33.4 Å². The monoisotopic (exact) mass is 294 g/mol. The molecular weight excluding hydrogens is 280 g/mol. The summed E-state index contributed by atoms with van der Waals surface area (Å²) in [6, 6.07) is 2.03. The number of rotatable bonds is 2. The fraction of sp³-hybridized carbons (Fsp3) is 0.500. The van der Waals surface area contributed by atoms with Gasteiger partial charge in [-0.2, -0.15) is 5.10 Å². The summed E-state index contributed by atoms with van der Waals surface area (Å²) < 4.78 is 1.89. The van der Waals surface area contributed by atoms with Gasteiger partial charge in [-0.15, -0.1) is 0 Å². The van der Waals surface area contributed by atoms with Gasteiger partial charge in [0, 0.05) is 30.8 Å². The first-order chi connectivity index (χ1) is 8.38. The third-order valence-corrected chi connectivity index (χ3v) is 4.35. The van der Waals surface area contributed by atoms with Crippen LogP contribution in [0.15, 0.2) is 24.7 Å². The lowest BCUT2D eigenvalue weighted by Crippen LogP contribution is -2.34. The van der Waals surface area contributed by atoms with Crippen LogP contribution in [0.3, 0.4) is 0 Å². The predicted molar refractivity (Wildman–Crippen MR) is 71.7 cm³/mol. The summed E-state index contributed by atoms with van der Waals surface area (Å²) in [5, 5.41) is 5.36. The molecule has 0 amide bonds. The largest absolute Gasteiger partial charge is 0.355 e. The molecule has 1 aliphatic rings. The molecule has 0 spiro atoms. The summed E-state index contributed by atoms with van der Waals surface area (Å²) in [5.41, 5.74) is 1.10. The van der Waals surface area contributed by atoms with Crippen molar-refractivity contribution in [1.82, 2.24) is 14.6 Å². The molecule has 0 atom stereocenters. The highest BCUT2D eigenvalue weighted by molar-refractivity contribution is 9.09. The molecule has 0 saturated carbocycles. The Bertz CT molecular complexity index is 502.